The SMILES string of the molecule is O=C(O)N1CC(c2cn3nc(Cl)cc(N4CCOCC4)c3n2)C1. The second-order valence-corrected chi connectivity index (χ2v) is 6.16. The highest BCUT2D eigenvalue weighted by Crippen LogP contribution is 2.30. The van der Waals surface area contributed by atoms with Crippen molar-refractivity contribution >= 4 is 29.0 Å². The minimum atomic E-state index is -0.889. The maximum atomic E-state index is 10.9. The largest absolute Gasteiger partial charge is 0.465 e. The molecule has 0 bridgehead atoms. The summed E-state index contributed by atoms with van der Waals surface area (Å²) in [7, 11) is 0. The summed E-state index contributed by atoms with van der Waals surface area (Å²) in [4.78, 5) is 19.1. The van der Waals surface area contributed by atoms with Crippen LogP contribution in [0, 0.1) is 0 Å². The highest BCUT2D eigenvalue weighted by molar-refractivity contribution is 6.29. The number of halogens is 1. The molecule has 0 unspecified atom stereocenters. The number of likely N-dealkylation sites (tertiary alicyclic amines) is 1. The van der Waals surface area contributed by atoms with Gasteiger partial charge in [0.1, 0.15) is 0 Å². The number of nitrogens with zero attached hydrogens (tertiary/aromatic N) is 5. The minimum Gasteiger partial charge on any atom is -0.465 e. The summed E-state index contributed by atoms with van der Waals surface area (Å²) in [6.07, 6.45) is 0.954. The van der Waals surface area contributed by atoms with Gasteiger partial charge in [-0.25, -0.2) is 14.3 Å². The summed E-state index contributed by atoms with van der Waals surface area (Å²) in [6, 6.07) is 1.82. The number of carbonyl (C=O) groups is 1. The van der Waals surface area contributed by atoms with Gasteiger partial charge in [0.25, 0.3) is 0 Å². The molecule has 122 valence electrons. The molecule has 1 N–H and O–H groups in total. The van der Waals surface area contributed by atoms with Crippen LogP contribution in [0.25, 0.3) is 5.65 Å². The van der Waals surface area contributed by atoms with Gasteiger partial charge in [-0.15, -0.1) is 0 Å². The van der Waals surface area contributed by atoms with E-state index in [0.29, 0.717) is 31.5 Å². The minimum absolute atomic E-state index is 0.115. The summed E-state index contributed by atoms with van der Waals surface area (Å²) in [5.41, 5.74) is 2.54. The van der Waals surface area contributed by atoms with E-state index < -0.39 is 6.09 Å². The number of rotatable bonds is 2. The van der Waals surface area contributed by atoms with Crippen LogP contribution in [0.15, 0.2) is 12.3 Å². The third-order valence-electron chi connectivity index (χ3n) is 4.32. The van der Waals surface area contributed by atoms with Crippen LogP contribution in [-0.2, 0) is 4.74 Å². The van der Waals surface area contributed by atoms with Crippen molar-refractivity contribution in [2.45, 2.75) is 5.92 Å². The molecule has 4 heterocycles. The second kappa shape index (κ2) is 5.54. The molecule has 0 aromatic carbocycles. The number of imidazole rings is 1. The fourth-order valence-electron chi connectivity index (χ4n) is 3.00. The lowest BCUT2D eigenvalue weighted by atomic mass is 9.98. The number of morpholine rings is 1. The molecule has 2 aromatic rings. The van der Waals surface area contributed by atoms with E-state index in [-0.39, 0.29) is 5.92 Å². The first-order valence-electron chi connectivity index (χ1n) is 7.48. The number of fused-ring (bicyclic) bond motifs is 1. The number of hydrogen-bond donors (Lipinski definition) is 1. The van der Waals surface area contributed by atoms with Gasteiger partial charge < -0.3 is 19.6 Å². The number of hydrogen-bond acceptors (Lipinski definition) is 5. The zero-order valence-corrected chi connectivity index (χ0v) is 13.1. The average molecular weight is 338 g/mol. The fourth-order valence-corrected chi connectivity index (χ4v) is 3.19. The maximum absolute atomic E-state index is 10.9. The van der Waals surface area contributed by atoms with Crippen LogP contribution in [0.5, 0.6) is 0 Å². The van der Waals surface area contributed by atoms with E-state index >= 15 is 0 Å². The first-order chi connectivity index (χ1) is 11.1. The molecule has 0 saturated carbocycles. The first kappa shape index (κ1) is 14.5. The predicted molar refractivity (Wildman–Crippen MR) is 83.4 cm³/mol. The van der Waals surface area contributed by atoms with Crippen molar-refractivity contribution < 1.29 is 14.6 Å². The number of carboxylic acid groups (broad SMARTS) is 1. The molecule has 2 fully saturated rings. The Balaban J connectivity index is 1.66. The van der Waals surface area contributed by atoms with Crippen LogP contribution in [0.2, 0.25) is 5.15 Å². The Morgan fingerprint density at radius 1 is 1.35 bits per heavy atom. The van der Waals surface area contributed by atoms with Crippen molar-refractivity contribution in [1.29, 1.82) is 0 Å². The smallest absolute Gasteiger partial charge is 0.407 e. The molecule has 1 amide bonds. The van der Waals surface area contributed by atoms with Crippen LogP contribution >= 0.6 is 11.6 Å². The molecular weight excluding hydrogens is 322 g/mol. The van der Waals surface area contributed by atoms with E-state index in [1.165, 1.54) is 4.90 Å². The summed E-state index contributed by atoms with van der Waals surface area (Å²) in [5.74, 6) is 0.115. The molecule has 2 aromatic heterocycles. The van der Waals surface area contributed by atoms with Gasteiger partial charge in [-0.05, 0) is 0 Å². The standard InChI is InChI=1S/C14H16ClN5O3/c15-12-5-11(18-1-3-23-4-2-18)13-16-10(8-20(13)17-12)9-6-19(7-9)14(21)22/h5,8-9H,1-4,6-7H2,(H,21,22). The van der Waals surface area contributed by atoms with Crippen LogP contribution < -0.4 is 4.90 Å². The van der Waals surface area contributed by atoms with Gasteiger partial charge in [0.15, 0.2) is 10.8 Å². The van der Waals surface area contributed by atoms with E-state index in [4.69, 9.17) is 21.4 Å². The van der Waals surface area contributed by atoms with Crippen molar-refractivity contribution in [3.05, 3.63) is 23.1 Å². The van der Waals surface area contributed by atoms with E-state index in [0.717, 1.165) is 30.1 Å². The molecule has 0 radical (unpaired) electrons. The van der Waals surface area contributed by atoms with Crippen molar-refractivity contribution in [2.75, 3.05) is 44.3 Å². The monoisotopic (exact) mass is 337 g/mol. The third kappa shape index (κ3) is 2.57. The second-order valence-electron chi connectivity index (χ2n) is 5.77. The lowest BCUT2D eigenvalue weighted by Gasteiger charge is -2.35. The summed E-state index contributed by atoms with van der Waals surface area (Å²) in [5, 5.41) is 13.6. The normalized spacial score (nSPS) is 19.2. The quantitative estimate of drug-likeness (QED) is 0.889. The Morgan fingerprint density at radius 2 is 2.09 bits per heavy atom. The molecule has 2 aliphatic rings. The molecule has 0 aliphatic carbocycles. The highest BCUT2D eigenvalue weighted by Gasteiger charge is 2.33. The van der Waals surface area contributed by atoms with Crippen molar-refractivity contribution in [2.24, 2.45) is 0 Å². The van der Waals surface area contributed by atoms with Gasteiger partial charge in [-0.3, -0.25) is 0 Å². The van der Waals surface area contributed by atoms with Crippen molar-refractivity contribution in [1.82, 2.24) is 19.5 Å². The van der Waals surface area contributed by atoms with Crippen LogP contribution in [0.1, 0.15) is 11.6 Å². The topological polar surface area (TPSA) is 83.2 Å². The lowest BCUT2D eigenvalue weighted by molar-refractivity contribution is 0.104. The van der Waals surface area contributed by atoms with Crippen LogP contribution in [-0.4, -0.2) is 70.1 Å². The molecule has 2 aliphatic heterocycles. The van der Waals surface area contributed by atoms with Gasteiger partial charge in [0, 0.05) is 38.2 Å². The Hall–Kier alpha value is -2.06. The predicted octanol–water partition coefficient (Wildman–Crippen LogP) is 1.30. The summed E-state index contributed by atoms with van der Waals surface area (Å²) >= 11 is 6.14. The summed E-state index contributed by atoms with van der Waals surface area (Å²) < 4.78 is 7.08. The molecule has 8 nitrogen and oxygen atoms in total. The fraction of sp³-hybridized carbons (Fsp3) is 0.500. The van der Waals surface area contributed by atoms with Crippen molar-refractivity contribution in [3.8, 4) is 0 Å². The highest BCUT2D eigenvalue weighted by atomic mass is 35.5. The molecule has 2 saturated heterocycles. The third-order valence-corrected chi connectivity index (χ3v) is 4.50. The van der Waals surface area contributed by atoms with E-state index in [2.05, 4.69) is 15.0 Å². The molecule has 23 heavy (non-hydrogen) atoms. The van der Waals surface area contributed by atoms with Gasteiger partial charge in [-0.1, -0.05) is 11.6 Å². The van der Waals surface area contributed by atoms with E-state index in [1.807, 2.05) is 12.3 Å². The Morgan fingerprint density at radius 3 is 2.78 bits per heavy atom. The lowest BCUT2D eigenvalue weighted by Crippen LogP contribution is -2.47. The zero-order valence-electron chi connectivity index (χ0n) is 12.4. The Labute approximate surface area is 137 Å². The number of aromatic nitrogens is 3. The van der Waals surface area contributed by atoms with Crippen LogP contribution in [0.3, 0.4) is 0 Å². The maximum Gasteiger partial charge on any atom is 0.407 e. The van der Waals surface area contributed by atoms with Gasteiger partial charge >= 0.3 is 6.09 Å². The van der Waals surface area contributed by atoms with Crippen molar-refractivity contribution in [3.63, 3.8) is 0 Å². The average Bonchev–Trinajstić information content (AvgIpc) is 2.88. The molecule has 0 spiro atoms. The summed E-state index contributed by atoms with van der Waals surface area (Å²) in [6.45, 7) is 3.87. The molecule has 0 atom stereocenters. The van der Waals surface area contributed by atoms with Gasteiger partial charge in [-0.2, -0.15) is 5.10 Å². The number of ether oxygens (including phenoxy) is 1. The zero-order chi connectivity index (χ0) is 16.0. The number of anilines is 1. The van der Waals surface area contributed by atoms with Gasteiger partial charge in [0.05, 0.1) is 30.8 Å². The van der Waals surface area contributed by atoms with Gasteiger partial charge in [0.2, 0.25) is 0 Å². The van der Waals surface area contributed by atoms with E-state index in [9.17, 15) is 4.79 Å². The number of amides is 1. The molecule has 4 rings (SSSR count). The molecular formula is C14H16ClN5O3. The Kier molecular flexibility index (Phi) is 3.50. The molecule has 9 heteroatoms. The Bertz CT molecular complexity index is 752. The first-order valence-corrected chi connectivity index (χ1v) is 7.86. The van der Waals surface area contributed by atoms with Crippen LogP contribution in [0.4, 0.5) is 10.5 Å². The van der Waals surface area contributed by atoms with E-state index in [1.54, 1.807) is 4.52 Å².